The topological polar surface area (TPSA) is 84.5 Å². The van der Waals surface area contributed by atoms with Crippen molar-refractivity contribution in [2.45, 2.75) is 40.7 Å². The van der Waals surface area contributed by atoms with Crippen molar-refractivity contribution in [3.05, 3.63) is 0 Å². The van der Waals surface area contributed by atoms with Crippen molar-refractivity contribution in [2.24, 2.45) is 11.8 Å². The van der Waals surface area contributed by atoms with Gasteiger partial charge >= 0.3 is 10.2 Å². The molecule has 0 rings (SSSR count). The molecule has 1 amide bonds. The molecule has 0 spiro atoms. The highest BCUT2D eigenvalue weighted by molar-refractivity contribution is 7.87. The van der Waals surface area contributed by atoms with Gasteiger partial charge in [-0.3, -0.25) is 9.63 Å². The lowest BCUT2D eigenvalue weighted by molar-refractivity contribution is -0.122. The van der Waals surface area contributed by atoms with E-state index in [1.807, 2.05) is 23.5 Å². The Morgan fingerprint density at radius 3 is 2.00 bits per heavy atom. The molecule has 7 heteroatoms. The molecule has 0 aromatic carbocycles. The van der Waals surface area contributed by atoms with Crippen molar-refractivity contribution in [2.75, 3.05) is 0 Å². The molecule has 1 unspecified atom stereocenters. The van der Waals surface area contributed by atoms with Crippen LogP contribution < -0.4 is 9.61 Å². The van der Waals surface area contributed by atoms with Crippen LogP contribution in [-0.4, -0.2) is 20.4 Å². The highest BCUT2D eigenvalue weighted by atomic mass is 32.2. The molecule has 0 saturated carbocycles. The van der Waals surface area contributed by atoms with E-state index in [1.165, 1.54) is 0 Å². The van der Waals surface area contributed by atoms with E-state index < -0.39 is 22.0 Å². The van der Waals surface area contributed by atoms with Gasteiger partial charge in [0.15, 0.2) is 0 Å². The molecular weight excluding hydrogens is 232 g/mol. The van der Waals surface area contributed by atoms with Gasteiger partial charge in [0.05, 0.1) is 6.10 Å². The highest BCUT2D eigenvalue weighted by Crippen LogP contribution is 2.03. The van der Waals surface area contributed by atoms with Crippen LogP contribution in [0.5, 0.6) is 0 Å². The van der Waals surface area contributed by atoms with Crippen molar-refractivity contribution < 1.29 is 18.0 Å². The standard InChI is InChI=1S/C9H20N2O4S/c1-6(2)8(5)15-11-16(13,14)10-9(12)7(3)4/h6-8,11H,1-5H3,(H,10,12). The first-order chi connectivity index (χ1) is 7.15. The minimum absolute atomic E-state index is 0.170. The van der Waals surface area contributed by atoms with Gasteiger partial charge in [-0.1, -0.05) is 32.6 Å². The summed E-state index contributed by atoms with van der Waals surface area (Å²) in [4.78, 5) is 17.9. The van der Waals surface area contributed by atoms with Crippen LogP contribution >= 0.6 is 0 Å². The average molecular weight is 252 g/mol. The van der Waals surface area contributed by atoms with Gasteiger partial charge in [0.1, 0.15) is 0 Å². The quantitative estimate of drug-likeness (QED) is 0.677. The summed E-state index contributed by atoms with van der Waals surface area (Å²) in [6.45, 7) is 8.72. The third kappa shape index (κ3) is 6.04. The molecule has 0 aliphatic heterocycles. The molecule has 1 atom stereocenters. The predicted molar refractivity (Wildman–Crippen MR) is 60.4 cm³/mol. The number of amides is 1. The number of rotatable bonds is 6. The first kappa shape index (κ1) is 15.3. The van der Waals surface area contributed by atoms with Gasteiger partial charge in [-0.15, -0.1) is 0 Å². The van der Waals surface area contributed by atoms with Crippen LogP contribution in [0.2, 0.25) is 0 Å². The van der Waals surface area contributed by atoms with E-state index in [-0.39, 0.29) is 12.0 Å². The van der Waals surface area contributed by atoms with Crippen LogP contribution in [0.3, 0.4) is 0 Å². The second-order valence-electron chi connectivity index (χ2n) is 4.27. The molecule has 96 valence electrons. The van der Waals surface area contributed by atoms with Crippen LogP contribution in [0.4, 0.5) is 0 Å². The number of carbonyl (C=O) groups is 1. The van der Waals surface area contributed by atoms with E-state index in [1.54, 1.807) is 20.8 Å². The Kier molecular flexibility index (Phi) is 5.91. The molecule has 16 heavy (non-hydrogen) atoms. The monoisotopic (exact) mass is 252 g/mol. The molecule has 0 aromatic heterocycles. The summed E-state index contributed by atoms with van der Waals surface area (Å²) in [6, 6.07) is 0. The summed E-state index contributed by atoms with van der Waals surface area (Å²) in [5.41, 5.74) is 0. The molecule has 0 saturated heterocycles. The summed E-state index contributed by atoms with van der Waals surface area (Å²) >= 11 is 0. The number of carbonyl (C=O) groups excluding carboxylic acids is 1. The SMILES string of the molecule is CC(C)C(=O)NS(=O)(=O)NOC(C)C(C)C. The van der Waals surface area contributed by atoms with E-state index in [0.29, 0.717) is 0 Å². The largest absolute Gasteiger partial charge is 0.323 e. The summed E-state index contributed by atoms with van der Waals surface area (Å²) in [5, 5.41) is 0. The second kappa shape index (κ2) is 6.17. The Bertz CT molecular complexity index is 324. The molecule has 2 N–H and O–H groups in total. The van der Waals surface area contributed by atoms with Gasteiger partial charge in [-0.05, 0) is 12.8 Å². The summed E-state index contributed by atoms with van der Waals surface area (Å²) in [5.74, 6) is -0.809. The molecule has 0 aliphatic carbocycles. The molecule has 0 fully saturated rings. The van der Waals surface area contributed by atoms with Gasteiger partial charge < -0.3 is 0 Å². The van der Waals surface area contributed by atoms with E-state index in [4.69, 9.17) is 4.84 Å². The van der Waals surface area contributed by atoms with Gasteiger partial charge in [0.25, 0.3) is 0 Å². The first-order valence-electron chi connectivity index (χ1n) is 5.14. The second-order valence-corrected chi connectivity index (χ2v) is 5.65. The number of hydrogen-bond acceptors (Lipinski definition) is 4. The summed E-state index contributed by atoms with van der Waals surface area (Å²) < 4.78 is 24.5. The third-order valence-corrected chi connectivity index (χ3v) is 2.83. The van der Waals surface area contributed by atoms with Crippen LogP contribution in [0.15, 0.2) is 0 Å². The minimum Gasteiger partial charge on any atom is -0.282 e. The maximum Gasteiger partial charge on any atom is 0.323 e. The molecule has 0 heterocycles. The Morgan fingerprint density at radius 2 is 1.62 bits per heavy atom. The van der Waals surface area contributed by atoms with Crippen LogP contribution in [0.1, 0.15) is 34.6 Å². The predicted octanol–water partition coefficient (Wildman–Crippen LogP) is 0.569. The number of nitrogens with one attached hydrogen (secondary N) is 2. The fourth-order valence-electron chi connectivity index (χ4n) is 0.546. The molecule has 0 aromatic rings. The van der Waals surface area contributed by atoms with E-state index in [0.717, 1.165) is 0 Å². The average Bonchev–Trinajstić information content (AvgIpc) is 2.13. The maximum absolute atomic E-state index is 11.3. The van der Waals surface area contributed by atoms with Crippen LogP contribution in [-0.2, 0) is 19.8 Å². The van der Waals surface area contributed by atoms with Crippen molar-refractivity contribution in [3.63, 3.8) is 0 Å². The fourth-order valence-corrected chi connectivity index (χ4v) is 1.37. The third-order valence-electron chi connectivity index (χ3n) is 2.04. The van der Waals surface area contributed by atoms with Gasteiger partial charge in [-0.2, -0.15) is 8.42 Å². The lowest BCUT2D eigenvalue weighted by Gasteiger charge is -2.17. The smallest absolute Gasteiger partial charge is 0.282 e. The van der Waals surface area contributed by atoms with Crippen LogP contribution in [0.25, 0.3) is 0 Å². The molecule has 0 bridgehead atoms. The lowest BCUT2D eigenvalue weighted by Crippen LogP contribution is -2.43. The zero-order valence-electron chi connectivity index (χ0n) is 10.3. The van der Waals surface area contributed by atoms with Crippen molar-refractivity contribution in [1.82, 2.24) is 9.61 Å². The zero-order chi connectivity index (χ0) is 12.9. The number of hydrogen-bond donors (Lipinski definition) is 2. The first-order valence-corrected chi connectivity index (χ1v) is 6.63. The lowest BCUT2D eigenvalue weighted by atomic mass is 10.1. The van der Waals surface area contributed by atoms with Crippen molar-refractivity contribution in [1.29, 1.82) is 0 Å². The Morgan fingerprint density at radius 1 is 1.12 bits per heavy atom. The molecule has 0 aliphatic rings. The maximum atomic E-state index is 11.3. The molecule has 6 nitrogen and oxygen atoms in total. The van der Waals surface area contributed by atoms with Gasteiger partial charge in [0.2, 0.25) is 5.91 Å². The van der Waals surface area contributed by atoms with Crippen molar-refractivity contribution >= 4 is 16.1 Å². The highest BCUT2D eigenvalue weighted by Gasteiger charge is 2.18. The summed E-state index contributed by atoms with van der Waals surface area (Å²) in [7, 11) is -3.93. The van der Waals surface area contributed by atoms with Gasteiger partial charge in [-0.25, -0.2) is 4.72 Å². The fraction of sp³-hybridized carbons (Fsp3) is 0.889. The Labute approximate surface area is 96.9 Å². The summed E-state index contributed by atoms with van der Waals surface area (Å²) in [6.07, 6.45) is -0.272. The van der Waals surface area contributed by atoms with E-state index >= 15 is 0 Å². The zero-order valence-corrected chi connectivity index (χ0v) is 11.1. The Hall–Kier alpha value is -0.660. The van der Waals surface area contributed by atoms with E-state index in [2.05, 4.69) is 0 Å². The van der Waals surface area contributed by atoms with Crippen LogP contribution in [0, 0.1) is 11.8 Å². The van der Waals surface area contributed by atoms with E-state index in [9.17, 15) is 13.2 Å². The molecular formula is C9H20N2O4S. The minimum atomic E-state index is -3.93. The molecule has 0 radical (unpaired) electrons. The Balaban J connectivity index is 4.22. The van der Waals surface area contributed by atoms with Crippen molar-refractivity contribution in [3.8, 4) is 0 Å². The van der Waals surface area contributed by atoms with Gasteiger partial charge in [0, 0.05) is 5.92 Å². The normalized spacial score (nSPS) is 14.2.